The van der Waals surface area contributed by atoms with E-state index in [1.807, 2.05) is 36.4 Å². The van der Waals surface area contributed by atoms with E-state index in [4.69, 9.17) is 10.00 Å². The zero-order valence-electron chi connectivity index (χ0n) is 10.7. The number of nitrogens with zero attached hydrogens (tertiary/aromatic N) is 1. The normalized spacial score (nSPS) is 11.6. The van der Waals surface area contributed by atoms with Gasteiger partial charge in [-0.15, -0.1) is 0 Å². The van der Waals surface area contributed by atoms with Gasteiger partial charge in [-0.05, 0) is 30.7 Å². The first-order valence-electron chi connectivity index (χ1n) is 6.09. The Kier molecular flexibility index (Phi) is 4.17. The third-order valence-electron chi connectivity index (χ3n) is 2.87. The van der Waals surface area contributed by atoms with E-state index in [2.05, 4.69) is 6.07 Å². The molecule has 0 amide bonds. The molecule has 3 heteroatoms. The fourth-order valence-corrected chi connectivity index (χ4v) is 1.78. The second-order valence-electron chi connectivity index (χ2n) is 4.31. The molecule has 0 spiro atoms. The molecule has 0 aliphatic rings. The van der Waals surface area contributed by atoms with Crippen LogP contribution in [0.2, 0.25) is 0 Å². The van der Waals surface area contributed by atoms with Crippen molar-refractivity contribution in [3.8, 4) is 11.8 Å². The standard InChI is InChI=1S/C16H15NO2/c1-12(18)13-7-4-8-16(9-13)19-11-15-6-3-2-5-14(15)10-17/h2-9,12,18H,11H2,1H3/t12-/m1/s1. The van der Waals surface area contributed by atoms with Crippen molar-refractivity contribution in [3.05, 3.63) is 65.2 Å². The summed E-state index contributed by atoms with van der Waals surface area (Å²) in [4.78, 5) is 0. The Bertz CT molecular complexity index is 600. The first-order valence-corrected chi connectivity index (χ1v) is 6.09. The van der Waals surface area contributed by atoms with Gasteiger partial charge in [0.05, 0.1) is 17.7 Å². The average molecular weight is 253 g/mol. The van der Waals surface area contributed by atoms with Gasteiger partial charge in [-0.1, -0.05) is 30.3 Å². The van der Waals surface area contributed by atoms with Crippen molar-refractivity contribution in [1.82, 2.24) is 0 Å². The minimum absolute atomic E-state index is 0.340. The summed E-state index contributed by atoms with van der Waals surface area (Å²) in [6.07, 6.45) is -0.519. The summed E-state index contributed by atoms with van der Waals surface area (Å²) < 4.78 is 5.66. The molecule has 3 nitrogen and oxygen atoms in total. The van der Waals surface area contributed by atoms with Crippen LogP contribution in [-0.2, 0) is 6.61 Å². The molecule has 1 atom stereocenters. The lowest BCUT2D eigenvalue weighted by Gasteiger charge is -2.10. The van der Waals surface area contributed by atoms with Crippen LogP contribution in [0.4, 0.5) is 0 Å². The minimum Gasteiger partial charge on any atom is -0.489 e. The predicted octanol–water partition coefficient (Wildman–Crippen LogP) is 3.19. The lowest BCUT2D eigenvalue weighted by Crippen LogP contribution is -1.99. The Morgan fingerprint density at radius 1 is 1.21 bits per heavy atom. The van der Waals surface area contributed by atoms with E-state index < -0.39 is 6.10 Å². The molecular weight excluding hydrogens is 238 g/mol. The molecule has 0 bridgehead atoms. The Morgan fingerprint density at radius 2 is 2.00 bits per heavy atom. The molecule has 2 aromatic rings. The van der Waals surface area contributed by atoms with Crippen molar-refractivity contribution in [2.45, 2.75) is 19.6 Å². The maximum atomic E-state index is 9.52. The van der Waals surface area contributed by atoms with E-state index >= 15 is 0 Å². The second-order valence-corrected chi connectivity index (χ2v) is 4.31. The molecule has 1 N–H and O–H groups in total. The molecular formula is C16H15NO2. The summed E-state index contributed by atoms with van der Waals surface area (Å²) >= 11 is 0. The van der Waals surface area contributed by atoms with Gasteiger partial charge >= 0.3 is 0 Å². The van der Waals surface area contributed by atoms with Crippen LogP contribution in [-0.4, -0.2) is 5.11 Å². The number of rotatable bonds is 4. The van der Waals surface area contributed by atoms with Crippen LogP contribution in [0.25, 0.3) is 0 Å². The van der Waals surface area contributed by atoms with Gasteiger partial charge in [0.1, 0.15) is 12.4 Å². The van der Waals surface area contributed by atoms with Crippen LogP contribution < -0.4 is 4.74 Å². The summed E-state index contributed by atoms with van der Waals surface area (Å²) in [5.41, 5.74) is 2.28. The third kappa shape index (κ3) is 3.34. The summed E-state index contributed by atoms with van der Waals surface area (Å²) in [5, 5.41) is 18.5. The van der Waals surface area contributed by atoms with Crippen molar-refractivity contribution < 1.29 is 9.84 Å². The minimum atomic E-state index is -0.519. The van der Waals surface area contributed by atoms with E-state index in [1.165, 1.54) is 0 Å². The van der Waals surface area contributed by atoms with Gasteiger partial charge in [-0.2, -0.15) is 5.26 Å². The highest BCUT2D eigenvalue weighted by atomic mass is 16.5. The van der Waals surface area contributed by atoms with Gasteiger partial charge in [0.25, 0.3) is 0 Å². The zero-order valence-corrected chi connectivity index (χ0v) is 10.7. The van der Waals surface area contributed by atoms with Gasteiger partial charge in [0, 0.05) is 5.56 Å². The van der Waals surface area contributed by atoms with Gasteiger partial charge < -0.3 is 9.84 Å². The molecule has 0 aliphatic heterocycles. The number of aliphatic hydroxyl groups excluding tert-OH is 1. The molecule has 2 rings (SSSR count). The van der Waals surface area contributed by atoms with E-state index in [0.717, 1.165) is 11.1 Å². The third-order valence-corrected chi connectivity index (χ3v) is 2.87. The number of hydrogen-bond acceptors (Lipinski definition) is 3. The smallest absolute Gasteiger partial charge is 0.120 e. The van der Waals surface area contributed by atoms with Crippen molar-refractivity contribution in [2.24, 2.45) is 0 Å². The first-order chi connectivity index (χ1) is 9.20. The number of hydrogen-bond donors (Lipinski definition) is 1. The molecule has 0 saturated carbocycles. The van der Waals surface area contributed by atoms with Gasteiger partial charge in [0.2, 0.25) is 0 Å². The van der Waals surface area contributed by atoms with E-state index in [9.17, 15) is 5.11 Å². The number of ether oxygens (including phenoxy) is 1. The molecule has 96 valence electrons. The fourth-order valence-electron chi connectivity index (χ4n) is 1.78. The second kappa shape index (κ2) is 6.03. The van der Waals surface area contributed by atoms with Gasteiger partial charge in [-0.25, -0.2) is 0 Å². The van der Waals surface area contributed by atoms with Crippen LogP contribution >= 0.6 is 0 Å². The van der Waals surface area contributed by atoms with Gasteiger partial charge in [-0.3, -0.25) is 0 Å². The Balaban J connectivity index is 2.11. The quantitative estimate of drug-likeness (QED) is 0.910. The topological polar surface area (TPSA) is 53.2 Å². The first kappa shape index (κ1) is 13.1. The van der Waals surface area contributed by atoms with Crippen molar-refractivity contribution in [1.29, 1.82) is 5.26 Å². The van der Waals surface area contributed by atoms with E-state index in [0.29, 0.717) is 17.9 Å². The van der Waals surface area contributed by atoms with Gasteiger partial charge in [0.15, 0.2) is 0 Å². The lowest BCUT2D eigenvalue weighted by atomic mass is 10.1. The molecule has 0 fully saturated rings. The van der Waals surface area contributed by atoms with Crippen molar-refractivity contribution >= 4 is 0 Å². The number of aliphatic hydroxyl groups is 1. The summed E-state index contributed by atoms with van der Waals surface area (Å²) in [5.74, 6) is 0.686. The summed E-state index contributed by atoms with van der Waals surface area (Å²) in [6.45, 7) is 2.05. The SMILES string of the molecule is C[C@@H](O)c1cccc(OCc2ccccc2C#N)c1. The highest BCUT2D eigenvalue weighted by molar-refractivity contribution is 5.37. The Morgan fingerprint density at radius 3 is 2.74 bits per heavy atom. The zero-order chi connectivity index (χ0) is 13.7. The molecule has 0 heterocycles. The van der Waals surface area contributed by atoms with Crippen LogP contribution in [0.15, 0.2) is 48.5 Å². The van der Waals surface area contributed by atoms with Crippen LogP contribution in [0, 0.1) is 11.3 Å². The molecule has 2 aromatic carbocycles. The molecule has 0 saturated heterocycles. The van der Waals surface area contributed by atoms with Crippen LogP contribution in [0.1, 0.15) is 29.7 Å². The lowest BCUT2D eigenvalue weighted by molar-refractivity contribution is 0.198. The molecule has 19 heavy (non-hydrogen) atoms. The van der Waals surface area contributed by atoms with Crippen LogP contribution in [0.3, 0.4) is 0 Å². The molecule has 0 radical (unpaired) electrons. The molecule has 0 aromatic heterocycles. The highest BCUT2D eigenvalue weighted by Crippen LogP contribution is 2.20. The maximum absolute atomic E-state index is 9.52. The Labute approximate surface area is 112 Å². The molecule has 0 aliphatic carbocycles. The van der Waals surface area contributed by atoms with E-state index in [-0.39, 0.29) is 0 Å². The number of nitriles is 1. The summed E-state index contributed by atoms with van der Waals surface area (Å²) in [7, 11) is 0. The number of benzene rings is 2. The fraction of sp³-hybridized carbons (Fsp3) is 0.188. The van der Waals surface area contributed by atoms with Crippen LogP contribution in [0.5, 0.6) is 5.75 Å². The van der Waals surface area contributed by atoms with Crippen molar-refractivity contribution in [3.63, 3.8) is 0 Å². The predicted molar refractivity (Wildman–Crippen MR) is 72.6 cm³/mol. The monoisotopic (exact) mass is 253 g/mol. The highest BCUT2D eigenvalue weighted by Gasteiger charge is 2.04. The summed E-state index contributed by atoms with van der Waals surface area (Å²) in [6, 6.07) is 16.8. The Hall–Kier alpha value is -2.31. The molecule has 0 unspecified atom stereocenters. The van der Waals surface area contributed by atoms with Crippen molar-refractivity contribution in [2.75, 3.05) is 0 Å². The maximum Gasteiger partial charge on any atom is 0.120 e. The van der Waals surface area contributed by atoms with E-state index in [1.54, 1.807) is 19.1 Å². The average Bonchev–Trinajstić information content (AvgIpc) is 2.45. The largest absolute Gasteiger partial charge is 0.489 e.